The van der Waals surface area contributed by atoms with Crippen molar-refractivity contribution in [2.45, 2.75) is 52.7 Å². The van der Waals surface area contributed by atoms with Crippen LogP contribution in [0, 0.1) is 0 Å². The molecule has 1 amide bonds. The number of nitrogens with zero attached hydrogens (tertiary/aromatic N) is 2. The van der Waals surface area contributed by atoms with Gasteiger partial charge in [-0.1, -0.05) is 12.2 Å². The maximum Gasteiger partial charge on any atom is 0.410 e. The topological polar surface area (TPSA) is 51.7 Å². The molecule has 0 radical (unpaired) electrons. The molecule has 0 aromatic carbocycles. The molecular weight excluding hydrogens is 292 g/mol. The average molecular weight is 320 g/mol. The Hall–Kier alpha value is -2.04. The van der Waals surface area contributed by atoms with Gasteiger partial charge in [0.05, 0.1) is 12.8 Å². The molecule has 128 valence electrons. The molecule has 1 rings (SSSR count). The largest absolute Gasteiger partial charge is 0.492 e. The van der Waals surface area contributed by atoms with Crippen LogP contribution in [0.15, 0.2) is 24.5 Å². The van der Waals surface area contributed by atoms with E-state index in [0.717, 1.165) is 17.7 Å². The molecule has 0 aliphatic rings. The molecule has 1 heterocycles. The normalized spacial score (nSPS) is 13.0. The van der Waals surface area contributed by atoms with Crippen molar-refractivity contribution >= 4 is 12.2 Å². The third-order valence-corrected chi connectivity index (χ3v) is 3.18. The number of aromatic nitrogens is 1. The maximum absolute atomic E-state index is 12.0. The van der Waals surface area contributed by atoms with Crippen molar-refractivity contribution in [3.63, 3.8) is 0 Å². The van der Waals surface area contributed by atoms with Crippen molar-refractivity contribution in [1.82, 2.24) is 9.88 Å². The lowest BCUT2D eigenvalue weighted by molar-refractivity contribution is 0.0238. The van der Waals surface area contributed by atoms with E-state index in [-0.39, 0.29) is 12.1 Å². The zero-order valence-corrected chi connectivity index (χ0v) is 15.0. The second-order valence-corrected chi connectivity index (χ2v) is 6.47. The van der Waals surface area contributed by atoms with E-state index >= 15 is 0 Å². The lowest BCUT2D eigenvalue weighted by Crippen LogP contribution is -2.39. The Bertz CT molecular complexity index is 535. The molecule has 0 saturated heterocycles. The standard InChI is InChI=1S/C18H28N2O3/c1-7-22-16-11-15(12-19-13-16)10-8-9-14(2)20(6)17(21)23-18(3,4)5/h8,10-14H,7,9H2,1-6H3. The van der Waals surface area contributed by atoms with E-state index in [2.05, 4.69) is 4.98 Å². The summed E-state index contributed by atoms with van der Waals surface area (Å²) in [6.45, 7) is 10.1. The van der Waals surface area contributed by atoms with Gasteiger partial charge in [0.15, 0.2) is 0 Å². The smallest absolute Gasteiger partial charge is 0.410 e. The van der Waals surface area contributed by atoms with Crippen molar-refractivity contribution < 1.29 is 14.3 Å². The minimum Gasteiger partial charge on any atom is -0.492 e. The van der Waals surface area contributed by atoms with Gasteiger partial charge in [0, 0.05) is 19.3 Å². The van der Waals surface area contributed by atoms with Crippen LogP contribution < -0.4 is 4.74 Å². The highest BCUT2D eigenvalue weighted by atomic mass is 16.6. The third kappa shape index (κ3) is 7.17. The van der Waals surface area contributed by atoms with E-state index in [4.69, 9.17) is 9.47 Å². The molecular formula is C18H28N2O3. The summed E-state index contributed by atoms with van der Waals surface area (Å²) in [6.07, 6.45) is 7.90. The second-order valence-electron chi connectivity index (χ2n) is 6.47. The summed E-state index contributed by atoms with van der Waals surface area (Å²) < 4.78 is 10.8. The van der Waals surface area contributed by atoms with Crippen molar-refractivity contribution in [1.29, 1.82) is 0 Å². The van der Waals surface area contributed by atoms with Crippen molar-refractivity contribution in [3.05, 3.63) is 30.1 Å². The van der Waals surface area contributed by atoms with Gasteiger partial charge in [-0.2, -0.15) is 0 Å². The number of rotatable bonds is 6. The van der Waals surface area contributed by atoms with Crippen LogP contribution in [0.3, 0.4) is 0 Å². The highest BCUT2D eigenvalue weighted by molar-refractivity contribution is 5.68. The van der Waals surface area contributed by atoms with E-state index in [9.17, 15) is 4.79 Å². The van der Waals surface area contributed by atoms with Crippen molar-refractivity contribution in [2.24, 2.45) is 0 Å². The zero-order valence-electron chi connectivity index (χ0n) is 15.0. The van der Waals surface area contributed by atoms with Gasteiger partial charge in [-0.05, 0) is 52.7 Å². The summed E-state index contributed by atoms with van der Waals surface area (Å²) in [4.78, 5) is 17.8. The quantitative estimate of drug-likeness (QED) is 0.790. The highest BCUT2D eigenvalue weighted by Gasteiger charge is 2.22. The predicted octanol–water partition coefficient (Wildman–Crippen LogP) is 4.14. The summed E-state index contributed by atoms with van der Waals surface area (Å²) in [5.74, 6) is 0.758. The molecule has 1 atom stereocenters. The molecule has 1 unspecified atom stereocenters. The fourth-order valence-electron chi connectivity index (χ4n) is 1.85. The predicted molar refractivity (Wildman–Crippen MR) is 92.5 cm³/mol. The van der Waals surface area contributed by atoms with Crippen LogP contribution in [0.5, 0.6) is 5.75 Å². The maximum atomic E-state index is 12.0. The molecule has 1 aromatic rings. The fraction of sp³-hybridized carbons (Fsp3) is 0.556. The Morgan fingerprint density at radius 3 is 2.70 bits per heavy atom. The monoisotopic (exact) mass is 320 g/mol. The van der Waals surface area contributed by atoms with E-state index < -0.39 is 5.60 Å². The van der Waals surface area contributed by atoms with Gasteiger partial charge in [0.1, 0.15) is 11.4 Å². The molecule has 0 N–H and O–H groups in total. The van der Waals surface area contributed by atoms with Gasteiger partial charge in [0.25, 0.3) is 0 Å². The first-order chi connectivity index (χ1) is 10.7. The van der Waals surface area contributed by atoms with E-state index in [1.54, 1.807) is 24.3 Å². The first kappa shape index (κ1) is 19.0. The molecule has 0 fully saturated rings. The Morgan fingerprint density at radius 2 is 2.09 bits per heavy atom. The van der Waals surface area contributed by atoms with Crippen LogP contribution in [0.1, 0.15) is 46.6 Å². The van der Waals surface area contributed by atoms with Crippen LogP contribution >= 0.6 is 0 Å². The molecule has 0 aliphatic carbocycles. The summed E-state index contributed by atoms with van der Waals surface area (Å²) in [5.41, 5.74) is 0.495. The minimum atomic E-state index is -0.480. The summed E-state index contributed by atoms with van der Waals surface area (Å²) >= 11 is 0. The number of pyridine rings is 1. The second kappa shape index (κ2) is 8.56. The van der Waals surface area contributed by atoms with Crippen LogP contribution in [-0.4, -0.2) is 41.3 Å². The molecule has 0 spiro atoms. The lowest BCUT2D eigenvalue weighted by Gasteiger charge is -2.28. The number of amides is 1. The first-order valence-electron chi connectivity index (χ1n) is 7.93. The highest BCUT2D eigenvalue weighted by Crippen LogP contribution is 2.15. The van der Waals surface area contributed by atoms with Gasteiger partial charge >= 0.3 is 6.09 Å². The fourth-order valence-corrected chi connectivity index (χ4v) is 1.85. The summed E-state index contributed by atoms with van der Waals surface area (Å²) in [5, 5.41) is 0. The number of hydrogen-bond acceptors (Lipinski definition) is 4. The lowest BCUT2D eigenvalue weighted by atomic mass is 10.1. The Balaban J connectivity index is 2.56. The van der Waals surface area contributed by atoms with Gasteiger partial charge in [-0.25, -0.2) is 4.79 Å². The molecule has 0 saturated carbocycles. The van der Waals surface area contributed by atoms with Crippen LogP contribution in [-0.2, 0) is 4.74 Å². The van der Waals surface area contributed by atoms with E-state index in [1.807, 2.05) is 52.8 Å². The van der Waals surface area contributed by atoms with E-state index in [0.29, 0.717) is 6.61 Å². The van der Waals surface area contributed by atoms with Crippen molar-refractivity contribution in [3.8, 4) is 5.75 Å². The first-order valence-corrected chi connectivity index (χ1v) is 7.93. The number of hydrogen-bond donors (Lipinski definition) is 0. The molecule has 5 heteroatoms. The average Bonchev–Trinajstić information content (AvgIpc) is 2.45. The molecule has 5 nitrogen and oxygen atoms in total. The van der Waals surface area contributed by atoms with Crippen LogP contribution in [0.2, 0.25) is 0 Å². The molecule has 23 heavy (non-hydrogen) atoms. The van der Waals surface area contributed by atoms with Gasteiger partial charge in [0.2, 0.25) is 0 Å². The zero-order chi connectivity index (χ0) is 17.5. The molecule has 0 bridgehead atoms. The van der Waals surface area contributed by atoms with Crippen molar-refractivity contribution in [2.75, 3.05) is 13.7 Å². The third-order valence-electron chi connectivity index (χ3n) is 3.18. The van der Waals surface area contributed by atoms with Gasteiger partial charge < -0.3 is 14.4 Å². The van der Waals surface area contributed by atoms with Gasteiger partial charge in [-0.15, -0.1) is 0 Å². The van der Waals surface area contributed by atoms with Gasteiger partial charge in [-0.3, -0.25) is 4.98 Å². The molecule has 1 aromatic heterocycles. The Labute approximate surface area is 139 Å². The summed E-state index contributed by atoms with van der Waals surface area (Å²) in [6, 6.07) is 1.99. The SMILES string of the molecule is CCOc1cncc(C=CCC(C)N(C)C(=O)OC(C)(C)C)c1. The number of carbonyl (C=O) groups is 1. The van der Waals surface area contributed by atoms with Crippen LogP contribution in [0.25, 0.3) is 6.08 Å². The Kier molecular flexibility index (Phi) is 7.07. The number of ether oxygens (including phenoxy) is 2. The number of carbonyl (C=O) groups excluding carboxylic acids is 1. The summed E-state index contributed by atoms with van der Waals surface area (Å²) in [7, 11) is 1.75. The van der Waals surface area contributed by atoms with Crippen LogP contribution in [0.4, 0.5) is 4.79 Å². The molecule has 0 aliphatic heterocycles. The van der Waals surface area contributed by atoms with E-state index in [1.165, 1.54) is 0 Å². The Morgan fingerprint density at radius 1 is 1.39 bits per heavy atom. The minimum absolute atomic E-state index is 0.0455.